The standard InChI is InChI=1S/C20H28O4/c1-5-7-14-12-16-15(18(21)17(14)19(22)23)9-11-20(4,24-16)10-6-8-13(2)3/h9,11-13,21H,5-8,10H2,1-4H3,(H,22,23). The van der Waals surface area contributed by atoms with Crippen LogP contribution in [0.15, 0.2) is 12.1 Å². The molecule has 0 saturated carbocycles. The molecule has 1 heterocycles. The molecule has 0 radical (unpaired) electrons. The number of carboxylic acids is 1. The number of fused-ring (bicyclic) bond motifs is 1. The van der Waals surface area contributed by atoms with Crippen LogP contribution >= 0.6 is 0 Å². The van der Waals surface area contributed by atoms with Crippen molar-refractivity contribution >= 4 is 12.0 Å². The summed E-state index contributed by atoms with van der Waals surface area (Å²) in [5.74, 6) is -0.0522. The average molecular weight is 332 g/mol. The van der Waals surface area contributed by atoms with Crippen LogP contribution in [0.2, 0.25) is 0 Å². The van der Waals surface area contributed by atoms with E-state index in [2.05, 4.69) is 13.8 Å². The maximum atomic E-state index is 11.5. The largest absolute Gasteiger partial charge is 0.506 e. The summed E-state index contributed by atoms with van der Waals surface area (Å²) >= 11 is 0. The Balaban J connectivity index is 2.33. The molecule has 1 atom stereocenters. The SMILES string of the molecule is CCCc1cc2c(c(O)c1C(=O)O)C=CC(C)(CCCC(C)C)O2. The van der Waals surface area contributed by atoms with Crippen LogP contribution in [0.4, 0.5) is 0 Å². The molecule has 1 aliphatic rings. The molecule has 0 bridgehead atoms. The highest BCUT2D eigenvalue weighted by Gasteiger charge is 2.31. The minimum atomic E-state index is -1.10. The molecule has 0 spiro atoms. The van der Waals surface area contributed by atoms with Crippen LogP contribution in [-0.4, -0.2) is 21.8 Å². The second kappa shape index (κ2) is 7.29. The van der Waals surface area contributed by atoms with Gasteiger partial charge in [0.2, 0.25) is 0 Å². The zero-order chi connectivity index (χ0) is 17.9. The van der Waals surface area contributed by atoms with E-state index in [1.165, 1.54) is 0 Å². The Labute approximate surface area is 144 Å². The number of rotatable bonds is 7. The Bertz CT molecular complexity index is 646. The monoisotopic (exact) mass is 332 g/mol. The molecule has 0 fully saturated rings. The summed E-state index contributed by atoms with van der Waals surface area (Å²) in [5.41, 5.74) is 0.671. The fraction of sp³-hybridized carbons (Fsp3) is 0.550. The van der Waals surface area contributed by atoms with Gasteiger partial charge in [0.1, 0.15) is 22.7 Å². The van der Waals surface area contributed by atoms with E-state index in [0.29, 0.717) is 29.2 Å². The van der Waals surface area contributed by atoms with E-state index in [1.54, 1.807) is 12.1 Å². The number of aromatic carboxylic acids is 1. The first-order chi connectivity index (χ1) is 11.3. The quantitative estimate of drug-likeness (QED) is 0.734. The van der Waals surface area contributed by atoms with Crippen molar-refractivity contribution in [3.63, 3.8) is 0 Å². The number of aryl methyl sites for hydroxylation is 1. The lowest BCUT2D eigenvalue weighted by Gasteiger charge is -2.33. The van der Waals surface area contributed by atoms with Crippen LogP contribution in [0.1, 0.15) is 74.9 Å². The first kappa shape index (κ1) is 18.4. The summed E-state index contributed by atoms with van der Waals surface area (Å²) in [7, 11) is 0. The summed E-state index contributed by atoms with van der Waals surface area (Å²) in [6, 6.07) is 1.78. The van der Waals surface area contributed by atoms with E-state index in [4.69, 9.17) is 4.74 Å². The van der Waals surface area contributed by atoms with Crippen molar-refractivity contribution in [3.8, 4) is 11.5 Å². The Hall–Kier alpha value is -1.97. The summed E-state index contributed by atoms with van der Waals surface area (Å²) in [5, 5.41) is 19.8. The Kier molecular flexibility index (Phi) is 5.58. The Morgan fingerprint density at radius 3 is 2.67 bits per heavy atom. The van der Waals surface area contributed by atoms with E-state index in [0.717, 1.165) is 25.7 Å². The van der Waals surface area contributed by atoms with Crippen LogP contribution in [0, 0.1) is 5.92 Å². The van der Waals surface area contributed by atoms with Gasteiger partial charge in [0, 0.05) is 0 Å². The number of ether oxygens (including phenoxy) is 1. The molecule has 4 heteroatoms. The molecule has 0 amide bonds. The predicted octanol–water partition coefficient (Wildman–Crippen LogP) is 5.03. The summed E-state index contributed by atoms with van der Waals surface area (Å²) in [4.78, 5) is 11.5. The maximum Gasteiger partial charge on any atom is 0.339 e. The van der Waals surface area contributed by atoms with Crippen molar-refractivity contribution in [2.24, 2.45) is 5.92 Å². The molecule has 0 saturated heterocycles. The van der Waals surface area contributed by atoms with Gasteiger partial charge in [-0.15, -0.1) is 0 Å². The van der Waals surface area contributed by atoms with Crippen LogP contribution in [0.25, 0.3) is 6.08 Å². The lowest BCUT2D eigenvalue weighted by atomic mass is 9.90. The predicted molar refractivity (Wildman–Crippen MR) is 95.8 cm³/mol. The molecular weight excluding hydrogens is 304 g/mol. The molecule has 0 aliphatic carbocycles. The van der Waals surface area contributed by atoms with Gasteiger partial charge in [0.25, 0.3) is 0 Å². The van der Waals surface area contributed by atoms with Crippen LogP contribution in [0.5, 0.6) is 11.5 Å². The highest BCUT2D eigenvalue weighted by Crippen LogP contribution is 2.42. The van der Waals surface area contributed by atoms with Gasteiger partial charge in [-0.1, -0.05) is 33.6 Å². The minimum absolute atomic E-state index is 0.00717. The number of benzene rings is 1. The second-order valence-electron chi connectivity index (χ2n) is 7.26. The first-order valence-electron chi connectivity index (χ1n) is 8.77. The van der Waals surface area contributed by atoms with Gasteiger partial charge in [-0.05, 0) is 55.9 Å². The van der Waals surface area contributed by atoms with Gasteiger partial charge in [0.15, 0.2) is 0 Å². The highest BCUT2D eigenvalue weighted by atomic mass is 16.5. The molecule has 1 aliphatic heterocycles. The topological polar surface area (TPSA) is 66.8 Å². The Morgan fingerprint density at radius 1 is 1.38 bits per heavy atom. The number of aromatic hydroxyl groups is 1. The molecule has 1 aromatic carbocycles. The zero-order valence-electron chi connectivity index (χ0n) is 15.1. The fourth-order valence-electron chi connectivity index (χ4n) is 3.20. The fourth-order valence-corrected chi connectivity index (χ4v) is 3.20. The second-order valence-corrected chi connectivity index (χ2v) is 7.26. The molecule has 0 aromatic heterocycles. The normalized spacial score (nSPS) is 19.2. The van der Waals surface area contributed by atoms with Crippen molar-refractivity contribution in [2.45, 2.75) is 65.4 Å². The van der Waals surface area contributed by atoms with Gasteiger partial charge in [-0.25, -0.2) is 4.79 Å². The smallest absolute Gasteiger partial charge is 0.339 e. The van der Waals surface area contributed by atoms with Crippen molar-refractivity contribution < 1.29 is 19.7 Å². The number of carbonyl (C=O) groups is 1. The minimum Gasteiger partial charge on any atom is -0.506 e. The molecule has 1 unspecified atom stereocenters. The maximum absolute atomic E-state index is 11.5. The number of phenols is 1. The lowest BCUT2D eigenvalue weighted by molar-refractivity contribution is 0.0692. The first-order valence-corrected chi connectivity index (χ1v) is 8.77. The summed E-state index contributed by atoms with van der Waals surface area (Å²) in [6.45, 7) is 8.43. The van der Waals surface area contributed by atoms with Gasteiger partial charge in [0.05, 0.1) is 5.56 Å². The van der Waals surface area contributed by atoms with Crippen molar-refractivity contribution in [2.75, 3.05) is 0 Å². The van der Waals surface area contributed by atoms with Crippen LogP contribution < -0.4 is 4.74 Å². The molecule has 24 heavy (non-hydrogen) atoms. The number of carboxylic acid groups (broad SMARTS) is 1. The van der Waals surface area contributed by atoms with E-state index in [1.807, 2.05) is 19.9 Å². The van der Waals surface area contributed by atoms with E-state index >= 15 is 0 Å². The molecule has 2 N–H and O–H groups in total. The van der Waals surface area contributed by atoms with Crippen LogP contribution in [0.3, 0.4) is 0 Å². The van der Waals surface area contributed by atoms with Crippen LogP contribution in [-0.2, 0) is 6.42 Å². The summed E-state index contributed by atoms with van der Waals surface area (Å²) in [6.07, 6.45) is 8.23. The van der Waals surface area contributed by atoms with Gasteiger partial charge in [-0.3, -0.25) is 0 Å². The van der Waals surface area contributed by atoms with Gasteiger partial charge < -0.3 is 14.9 Å². The molecule has 4 nitrogen and oxygen atoms in total. The molecule has 2 rings (SSSR count). The Morgan fingerprint density at radius 2 is 2.08 bits per heavy atom. The van der Waals surface area contributed by atoms with E-state index in [-0.39, 0.29) is 11.3 Å². The highest BCUT2D eigenvalue weighted by molar-refractivity contribution is 5.95. The third-order valence-electron chi connectivity index (χ3n) is 4.52. The molecular formula is C20H28O4. The molecule has 1 aromatic rings. The third-order valence-corrected chi connectivity index (χ3v) is 4.52. The van der Waals surface area contributed by atoms with E-state index < -0.39 is 11.6 Å². The summed E-state index contributed by atoms with van der Waals surface area (Å²) < 4.78 is 6.16. The van der Waals surface area contributed by atoms with Crippen molar-refractivity contribution in [1.82, 2.24) is 0 Å². The van der Waals surface area contributed by atoms with Crippen molar-refractivity contribution in [1.29, 1.82) is 0 Å². The van der Waals surface area contributed by atoms with Gasteiger partial charge >= 0.3 is 5.97 Å². The third kappa shape index (κ3) is 3.92. The average Bonchev–Trinajstić information content (AvgIpc) is 2.46. The number of hydrogen-bond donors (Lipinski definition) is 2. The zero-order valence-corrected chi connectivity index (χ0v) is 15.1. The van der Waals surface area contributed by atoms with E-state index in [9.17, 15) is 15.0 Å². The molecule has 132 valence electrons. The number of hydrogen-bond acceptors (Lipinski definition) is 3. The van der Waals surface area contributed by atoms with Crippen molar-refractivity contribution in [3.05, 3.63) is 28.8 Å². The lowest BCUT2D eigenvalue weighted by Crippen LogP contribution is -2.32. The van der Waals surface area contributed by atoms with Gasteiger partial charge in [-0.2, -0.15) is 0 Å².